The summed E-state index contributed by atoms with van der Waals surface area (Å²) in [6.07, 6.45) is 1.21. The van der Waals surface area contributed by atoms with Crippen LogP contribution in [0.4, 0.5) is 9.18 Å². The molecule has 2 aromatic rings. The minimum atomic E-state index is -0.499. The molecule has 0 atom stereocenters. The predicted octanol–water partition coefficient (Wildman–Crippen LogP) is 2.92. The summed E-state index contributed by atoms with van der Waals surface area (Å²) in [4.78, 5) is 13.9. The molecule has 134 valence electrons. The topological polar surface area (TPSA) is 73.1 Å². The van der Waals surface area contributed by atoms with Crippen molar-refractivity contribution in [1.82, 2.24) is 25.1 Å². The molecule has 0 saturated carbocycles. The van der Waals surface area contributed by atoms with Crippen LogP contribution in [-0.2, 0) is 4.74 Å². The molecule has 1 fully saturated rings. The van der Waals surface area contributed by atoms with Gasteiger partial charge in [-0.25, -0.2) is 9.18 Å². The number of carbonyl (C=O) groups excluding carboxylic acids is 1. The molecule has 0 unspecified atom stereocenters. The van der Waals surface area contributed by atoms with Crippen LogP contribution in [0.1, 0.15) is 45.4 Å². The number of likely N-dealkylation sites (tertiary alicyclic amines) is 1. The van der Waals surface area contributed by atoms with Gasteiger partial charge in [0.05, 0.1) is 5.69 Å². The normalized spacial score (nSPS) is 16.1. The lowest BCUT2D eigenvalue weighted by molar-refractivity contribution is 0.0202. The highest BCUT2D eigenvalue weighted by Gasteiger charge is 2.30. The van der Waals surface area contributed by atoms with Gasteiger partial charge in [0.25, 0.3) is 0 Å². The number of amides is 1. The fourth-order valence-electron chi connectivity index (χ4n) is 2.86. The molecular weight excluding hydrogens is 325 g/mol. The van der Waals surface area contributed by atoms with Gasteiger partial charge in [-0.15, -0.1) is 5.10 Å². The van der Waals surface area contributed by atoms with E-state index in [1.807, 2.05) is 20.8 Å². The third kappa shape index (κ3) is 4.12. The van der Waals surface area contributed by atoms with Crippen LogP contribution in [0.5, 0.6) is 0 Å². The van der Waals surface area contributed by atoms with E-state index in [1.165, 1.54) is 12.1 Å². The summed E-state index contributed by atoms with van der Waals surface area (Å²) in [5, 5.41) is 11.9. The van der Waals surface area contributed by atoms with E-state index in [0.717, 1.165) is 24.4 Å². The molecule has 1 amide bonds. The zero-order valence-corrected chi connectivity index (χ0v) is 14.6. The number of benzene rings is 1. The van der Waals surface area contributed by atoms with Crippen LogP contribution in [0.3, 0.4) is 0 Å². The van der Waals surface area contributed by atoms with E-state index in [-0.39, 0.29) is 17.8 Å². The highest BCUT2D eigenvalue weighted by atomic mass is 19.1. The van der Waals surface area contributed by atoms with Gasteiger partial charge < -0.3 is 9.64 Å². The molecule has 0 bridgehead atoms. The number of piperidine rings is 1. The van der Waals surface area contributed by atoms with E-state index in [2.05, 4.69) is 15.5 Å². The minimum absolute atomic E-state index is 0.138. The molecule has 1 saturated heterocycles. The van der Waals surface area contributed by atoms with Crippen molar-refractivity contribution in [2.75, 3.05) is 13.1 Å². The van der Waals surface area contributed by atoms with Crippen LogP contribution in [0.15, 0.2) is 24.3 Å². The van der Waals surface area contributed by atoms with Crippen molar-refractivity contribution in [3.63, 3.8) is 0 Å². The van der Waals surface area contributed by atoms with Crippen molar-refractivity contribution in [2.45, 2.75) is 45.1 Å². The first-order valence-corrected chi connectivity index (χ1v) is 8.35. The van der Waals surface area contributed by atoms with Gasteiger partial charge in [0.2, 0.25) is 0 Å². The Labute approximate surface area is 145 Å². The predicted molar refractivity (Wildman–Crippen MR) is 88.9 cm³/mol. The average Bonchev–Trinajstić information content (AvgIpc) is 3.04. The number of aromatic nitrogens is 4. The van der Waals surface area contributed by atoms with Crippen LogP contribution in [-0.4, -0.2) is 49.9 Å². The van der Waals surface area contributed by atoms with E-state index < -0.39 is 5.60 Å². The zero-order valence-electron chi connectivity index (χ0n) is 14.6. The van der Waals surface area contributed by atoms with Gasteiger partial charge in [0.1, 0.15) is 11.4 Å². The maximum atomic E-state index is 13.1. The third-order valence-electron chi connectivity index (χ3n) is 4.08. The summed E-state index contributed by atoms with van der Waals surface area (Å²) < 4.78 is 20.2. The Bertz CT molecular complexity index is 730. The largest absolute Gasteiger partial charge is 0.444 e. The van der Waals surface area contributed by atoms with Crippen molar-refractivity contribution in [3.8, 4) is 5.69 Å². The summed E-state index contributed by atoms with van der Waals surface area (Å²) >= 11 is 0. The molecule has 0 radical (unpaired) electrons. The standard InChI is InChI=1S/C17H22FN5O2/c1-17(2,3)25-16(24)22-10-8-12(9-11-22)15-19-20-21-23(15)14-6-4-13(18)5-7-14/h4-7,12H,8-11H2,1-3H3. The van der Waals surface area contributed by atoms with Crippen LogP contribution in [0.25, 0.3) is 5.69 Å². The molecule has 1 aliphatic rings. The van der Waals surface area contributed by atoms with E-state index in [9.17, 15) is 9.18 Å². The summed E-state index contributed by atoms with van der Waals surface area (Å²) in [6, 6.07) is 6.05. The Balaban J connectivity index is 1.67. The molecule has 25 heavy (non-hydrogen) atoms. The van der Waals surface area contributed by atoms with Crippen molar-refractivity contribution >= 4 is 6.09 Å². The lowest BCUT2D eigenvalue weighted by Crippen LogP contribution is -2.41. The third-order valence-corrected chi connectivity index (χ3v) is 4.08. The maximum Gasteiger partial charge on any atom is 0.410 e. The maximum absolute atomic E-state index is 13.1. The summed E-state index contributed by atoms with van der Waals surface area (Å²) in [5.74, 6) is 0.568. The molecular formula is C17H22FN5O2. The highest BCUT2D eigenvalue weighted by Crippen LogP contribution is 2.28. The van der Waals surface area contributed by atoms with Crippen LogP contribution in [0, 0.1) is 5.82 Å². The van der Waals surface area contributed by atoms with E-state index >= 15 is 0 Å². The van der Waals surface area contributed by atoms with Gasteiger partial charge in [-0.2, -0.15) is 4.68 Å². The zero-order chi connectivity index (χ0) is 18.0. The second-order valence-corrected chi connectivity index (χ2v) is 7.17. The molecule has 3 rings (SSSR count). The number of halogens is 1. The second-order valence-electron chi connectivity index (χ2n) is 7.17. The molecule has 1 aromatic heterocycles. The number of nitrogens with zero attached hydrogens (tertiary/aromatic N) is 5. The number of carbonyl (C=O) groups is 1. The molecule has 0 N–H and O–H groups in total. The number of rotatable bonds is 2. The first kappa shape index (κ1) is 17.3. The van der Waals surface area contributed by atoms with Gasteiger partial charge in [0, 0.05) is 19.0 Å². The molecule has 8 heteroatoms. The first-order valence-electron chi connectivity index (χ1n) is 8.35. The number of tetrazole rings is 1. The van der Waals surface area contributed by atoms with Crippen molar-refractivity contribution < 1.29 is 13.9 Å². The number of hydrogen-bond donors (Lipinski definition) is 0. The van der Waals surface area contributed by atoms with Crippen LogP contribution >= 0.6 is 0 Å². The van der Waals surface area contributed by atoms with Crippen molar-refractivity contribution in [1.29, 1.82) is 0 Å². The molecule has 0 aliphatic carbocycles. The Morgan fingerprint density at radius 2 is 1.84 bits per heavy atom. The van der Waals surface area contributed by atoms with E-state index in [0.29, 0.717) is 13.1 Å². The van der Waals surface area contributed by atoms with E-state index in [4.69, 9.17) is 4.74 Å². The quantitative estimate of drug-likeness (QED) is 0.835. The second kappa shape index (κ2) is 6.78. The molecule has 1 aliphatic heterocycles. The van der Waals surface area contributed by atoms with Crippen LogP contribution < -0.4 is 0 Å². The highest BCUT2D eigenvalue weighted by molar-refractivity contribution is 5.68. The monoisotopic (exact) mass is 347 g/mol. The van der Waals surface area contributed by atoms with E-state index in [1.54, 1.807) is 21.7 Å². The minimum Gasteiger partial charge on any atom is -0.444 e. The molecule has 1 aromatic carbocycles. The lowest BCUT2D eigenvalue weighted by atomic mass is 9.96. The fourth-order valence-corrected chi connectivity index (χ4v) is 2.86. The van der Waals surface area contributed by atoms with Gasteiger partial charge in [-0.3, -0.25) is 0 Å². The van der Waals surface area contributed by atoms with Crippen molar-refractivity contribution in [2.24, 2.45) is 0 Å². The molecule has 7 nitrogen and oxygen atoms in total. The lowest BCUT2D eigenvalue weighted by Gasteiger charge is -2.32. The van der Waals surface area contributed by atoms with Gasteiger partial charge in [-0.05, 0) is 68.3 Å². The Kier molecular flexibility index (Phi) is 4.69. The summed E-state index contributed by atoms with van der Waals surface area (Å²) in [6.45, 7) is 6.75. The summed E-state index contributed by atoms with van der Waals surface area (Å²) in [7, 11) is 0. The average molecular weight is 347 g/mol. The molecule has 2 heterocycles. The SMILES string of the molecule is CC(C)(C)OC(=O)N1CCC(c2nnnn2-c2ccc(F)cc2)CC1. The molecule has 0 spiro atoms. The first-order chi connectivity index (χ1) is 11.8. The van der Waals surface area contributed by atoms with Crippen LogP contribution in [0.2, 0.25) is 0 Å². The van der Waals surface area contributed by atoms with Gasteiger partial charge in [-0.1, -0.05) is 0 Å². The Morgan fingerprint density at radius 1 is 1.20 bits per heavy atom. The smallest absolute Gasteiger partial charge is 0.410 e. The van der Waals surface area contributed by atoms with Gasteiger partial charge >= 0.3 is 6.09 Å². The Hall–Kier alpha value is -2.51. The Morgan fingerprint density at radius 3 is 2.44 bits per heavy atom. The fraction of sp³-hybridized carbons (Fsp3) is 0.529. The number of ether oxygens (including phenoxy) is 1. The van der Waals surface area contributed by atoms with Crippen molar-refractivity contribution in [3.05, 3.63) is 35.9 Å². The number of hydrogen-bond acceptors (Lipinski definition) is 5. The summed E-state index contributed by atoms with van der Waals surface area (Å²) in [5.41, 5.74) is 0.219. The van der Waals surface area contributed by atoms with Gasteiger partial charge in [0.15, 0.2) is 5.82 Å².